The minimum absolute atomic E-state index is 0.434. The Kier molecular flexibility index (Phi) is 6.24. The van der Waals surface area contributed by atoms with Gasteiger partial charge in [0.1, 0.15) is 17.2 Å². The molecule has 0 aliphatic carbocycles. The minimum atomic E-state index is -0.435. The van der Waals surface area contributed by atoms with Crippen LogP contribution in [0.3, 0.4) is 0 Å². The third-order valence-corrected chi connectivity index (χ3v) is 4.04. The van der Waals surface area contributed by atoms with Crippen LogP contribution in [0.2, 0.25) is 5.02 Å². The summed E-state index contributed by atoms with van der Waals surface area (Å²) in [5, 5.41) is 5.97. The Labute approximate surface area is 168 Å². The highest BCUT2D eigenvalue weighted by Crippen LogP contribution is 2.33. The lowest BCUT2D eigenvalue weighted by atomic mass is 10.2. The summed E-state index contributed by atoms with van der Waals surface area (Å²) in [5.74, 6) is 2.42. The summed E-state index contributed by atoms with van der Waals surface area (Å²) < 4.78 is 16.2. The van der Waals surface area contributed by atoms with Crippen LogP contribution in [-0.2, 0) is 0 Å². The first-order valence-corrected chi connectivity index (χ1v) is 8.78. The summed E-state index contributed by atoms with van der Waals surface area (Å²) in [6.07, 6.45) is 0. The summed E-state index contributed by atoms with van der Waals surface area (Å²) in [4.78, 5) is 12.4. The molecule has 0 heterocycles. The lowest BCUT2D eigenvalue weighted by Crippen LogP contribution is -2.19. The number of ether oxygens (including phenoxy) is 3. The summed E-state index contributed by atoms with van der Waals surface area (Å²) >= 11 is 6.08. The Morgan fingerprint density at radius 2 is 1.54 bits per heavy atom. The molecule has 0 aromatic heterocycles. The highest BCUT2D eigenvalue weighted by atomic mass is 35.5. The smallest absolute Gasteiger partial charge is 0.323 e. The van der Waals surface area contributed by atoms with Crippen LogP contribution < -0.4 is 24.8 Å². The van der Waals surface area contributed by atoms with Crippen molar-refractivity contribution in [3.63, 3.8) is 0 Å². The van der Waals surface area contributed by atoms with Gasteiger partial charge in [0.15, 0.2) is 5.75 Å². The molecule has 0 aliphatic rings. The largest absolute Gasteiger partial charge is 0.497 e. The van der Waals surface area contributed by atoms with Gasteiger partial charge in [0.25, 0.3) is 0 Å². The molecular weight excluding hydrogens is 380 g/mol. The van der Waals surface area contributed by atoms with Crippen molar-refractivity contribution in [1.82, 2.24) is 0 Å². The molecule has 6 nitrogen and oxygen atoms in total. The molecule has 0 fully saturated rings. The first kappa shape index (κ1) is 19.4. The highest BCUT2D eigenvalue weighted by Gasteiger charge is 2.11. The molecule has 144 valence electrons. The molecule has 0 spiro atoms. The second-order valence-electron chi connectivity index (χ2n) is 5.73. The van der Waals surface area contributed by atoms with Crippen molar-refractivity contribution in [2.75, 3.05) is 24.9 Å². The van der Waals surface area contributed by atoms with E-state index in [1.54, 1.807) is 80.9 Å². The monoisotopic (exact) mass is 398 g/mol. The van der Waals surface area contributed by atoms with Gasteiger partial charge in [-0.15, -0.1) is 0 Å². The Morgan fingerprint density at radius 3 is 2.25 bits per heavy atom. The third kappa shape index (κ3) is 5.08. The topological polar surface area (TPSA) is 68.8 Å². The maximum absolute atomic E-state index is 12.4. The molecule has 0 unspecified atom stereocenters. The fourth-order valence-electron chi connectivity index (χ4n) is 2.45. The van der Waals surface area contributed by atoms with Gasteiger partial charge in [-0.25, -0.2) is 4.79 Å². The SMILES string of the molecule is COc1ccc(Oc2ccc(Cl)cc2NC(=O)Nc2cccc(OC)c2)cc1. The summed E-state index contributed by atoms with van der Waals surface area (Å²) in [6.45, 7) is 0. The molecule has 0 atom stereocenters. The molecule has 2 amide bonds. The number of urea groups is 1. The van der Waals surface area contributed by atoms with Crippen LogP contribution in [0.1, 0.15) is 0 Å². The van der Waals surface area contributed by atoms with E-state index in [-0.39, 0.29) is 0 Å². The summed E-state index contributed by atoms with van der Waals surface area (Å²) in [5.41, 5.74) is 1.03. The van der Waals surface area contributed by atoms with Gasteiger partial charge in [-0.3, -0.25) is 0 Å². The second-order valence-corrected chi connectivity index (χ2v) is 6.17. The van der Waals surface area contributed by atoms with Crippen LogP contribution in [0, 0.1) is 0 Å². The van der Waals surface area contributed by atoms with E-state index in [9.17, 15) is 4.79 Å². The summed E-state index contributed by atoms with van der Waals surface area (Å²) in [7, 11) is 3.16. The molecule has 0 bridgehead atoms. The van der Waals surface area contributed by atoms with Crippen molar-refractivity contribution in [3.8, 4) is 23.0 Å². The number of benzene rings is 3. The average molecular weight is 399 g/mol. The maximum atomic E-state index is 12.4. The number of amides is 2. The normalized spacial score (nSPS) is 10.1. The van der Waals surface area contributed by atoms with Crippen molar-refractivity contribution in [1.29, 1.82) is 0 Å². The van der Waals surface area contributed by atoms with Crippen LogP contribution in [0.4, 0.5) is 16.2 Å². The number of carbonyl (C=O) groups is 1. The van der Waals surface area contributed by atoms with Gasteiger partial charge in [0, 0.05) is 16.8 Å². The van der Waals surface area contributed by atoms with E-state index in [2.05, 4.69) is 10.6 Å². The van der Waals surface area contributed by atoms with Gasteiger partial charge < -0.3 is 24.8 Å². The Morgan fingerprint density at radius 1 is 0.821 bits per heavy atom. The molecule has 3 aromatic carbocycles. The fraction of sp³-hybridized carbons (Fsp3) is 0.0952. The number of rotatable bonds is 6. The van der Waals surface area contributed by atoms with Gasteiger partial charge in [-0.1, -0.05) is 17.7 Å². The van der Waals surface area contributed by atoms with Crippen LogP contribution in [-0.4, -0.2) is 20.3 Å². The van der Waals surface area contributed by atoms with Crippen LogP contribution in [0.25, 0.3) is 0 Å². The summed E-state index contributed by atoms with van der Waals surface area (Å²) in [6, 6.07) is 18.7. The highest BCUT2D eigenvalue weighted by molar-refractivity contribution is 6.31. The van der Waals surface area contributed by atoms with Crippen molar-refractivity contribution in [3.05, 3.63) is 71.8 Å². The molecule has 28 heavy (non-hydrogen) atoms. The van der Waals surface area contributed by atoms with Gasteiger partial charge in [0.2, 0.25) is 0 Å². The average Bonchev–Trinajstić information content (AvgIpc) is 2.70. The third-order valence-electron chi connectivity index (χ3n) is 3.80. The molecule has 3 aromatic rings. The van der Waals surface area contributed by atoms with Gasteiger partial charge in [-0.2, -0.15) is 0 Å². The van der Waals surface area contributed by atoms with Crippen molar-refractivity contribution in [2.24, 2.45) is 0 Å². The number of halogens is 1. The fourth-order valence-corrected chi connectivity index (χ4v) is 2.62. The number of nitrogens with one attached hydrogen (secondary N) is 2. The number of hydrogen-bond acceptors (Lipinski definition) is 4. The van der Waals surface area contributed by atoms with E-state index < -0.39 is 6.03 Å². The first-order chi connectivity index (χ1) is 13.6. The van der Waals surface area contributed by atoms with E-state index in [1.807, 2.05) is 0 Å². The van der Waals surface area contributed by atoms with E-state index in [4.69, 9.17) is 25.8 Å². The zero-order chi connectivity index (χ0) is 19.9. The lowest BCUT2D eigenvalue weighted by molar-refractivity contribution is 0.262. The molecule has 2 N–H and O–H groups in total. The Bertz CT molecular complexity index is 961. The number of hydrogen-bond donors (Lipinski definition) is 2. The van der Waals surface area contributed by atoms with Crippen molar-refractivity contribution in [2.45, 2.75) is 0 Å². The molecule has 0 saturated heterocycles. The number of carbonyl (C=O) groups excluding carboxylic acids is 1. The molecule has 0 aliphatic heterocycles. The zero-order valence-electron chi connectivity index (χ0n) is 15.4. The minimum Gasteiger partial charge on any atom is -0.497 e. The van der Waals surface area contributed by atoms with Gasteiger partial charge in [-0.05, 0) is 54.6 Å². The zero-order valence-corrected chi connectivity index (χ0v) is 16.1. The molecule has 0 radical (unpaired) electrons. The lowest BCUT2D eigenvalue weighted by Gasteiger charge is -2.14. The van der Waals surface area contributed by atoms with Crippen LogP contribution in [0.15, 0.2) is 66.7 Å². The van der Waals surface area contributed by atoms with Crippen molar-refractivity contribution >= 4 is 29.0 Å². The van der Waals surface area contributed by atoms with Gasteiger partial charge >= 0.3 is 6.03 Å². The first-order valence-electron chi connectivity index (χ1n) is 8.41. The van der Waals surface area contributed by atoms with Crippen LogP contribution >= 0.6 is 11.6 Å². The van der Waals surface area contributed by atoms with Crippen molar-refractivity contribution < 1.29 is 19.0 Å². The van der Waals surface area contributed by atoms with Crippen LogP contribution in [0.5, 0.6) is 23.0 Å². The number of methoxy groups -OCH3 is 2. The van der Waals surface area contributed by atoms with E-state index >= 15 is 0 Å². The van der Waals surface area contributed by atoms with E-state index in [0.29, 0.717) is 33.6 Å². The maximum Gasteiger partial charge on any atom is 0.323 e. The standard InChI is InChI=1S/C21H19ClN2O4/c1-26-16-7-9-17(10-8-16)28-20-11-6-14(22)12-19(20)24-21(25)23-15-4-3-5-18(13-15)27-2/h3-13H,1-2H3,(H2,23,24,25). The Hall–Kier alpha value is -3.38. The second kappa shape index (κ2) is 9.01. The van der Waals surface area contributed by atoms with E-state index in [0.717, 1.165) is 5.75 Å². The predicted molar refractivity (Wildman–Crippen MR) is 110 cm³/mol. The molecular formula is C21H19ClN2O4. The predicted octanol–water partition coefficient (Wildman–Crippen LogP) is 5.79. The Balaban J connectivity index is 1.74. The quantitative estimate of drug-likeness (QED) is 0.551. The molecule has 7 heteroatoms. The molecule has 0 saturated carbocycles. The number of anilines is 2. The van der Waals surface area contributed by atoms with Gasteiger partial charge in [0.05, 0.1) is 19.9 Å². The van der Waals surface area contributed by atoms with E-state index in [1.165, 1.54) is 0 Å². The molecule has 3 rings (SSSR count).